The number of thiazole rings is 1. The minimum Gasteiger partial charge on any atom is -0.508 e. The van der Waals surface area contributed by atoms with Crippen molar-refractivity contribution in [3.8, 4) is 16.3 Å². The number of anilines is 1. The zero-order chi connectivity index (χ0) is 19.6. The molecule has 1 aromatic heterocycles. The first-order valence-corrected chi connectivity index (χ1v) is 9.27. The molecule has 27 heavy (non-hydrogen) atoms. The SMILES string of the molecule is CCN(Cc1sc(-c2ccc(C(F)(F)F)cc2)nc1C)c1ccc(O)cc1. The van der Waals surface area contributed by atoms with E-state index in [9.17, 15) is 18.3 Å². The lowest BCUT2D eigenvalue weighted by molar-refractivity contribution is -0.137. The Kier molecular flexibility index (Phi) is 5.41. The van der Waals surface area contributed by atoms with Gasteiger partial charge in [0.25, 0.3) is 0 Å². The molecular formula is C20H19F3N2OS. The molecular weight excluding hydrogens is 373 g/mol. The van der Waals surface area contributed by atoms with Crippen molar-refractivity contribution in [3.05, 3.63) is 64.7 Å². The van der Waals surface area contributed by atoms with Crippen LogP contribution in [-0.2, 0) is 12.7 Å². The van der Waals surface area contributed by atoms with Crippen LogP contribution in [0.3, 0.4) is 0 Å². The van der Waals surface area contributed by atoms with Gasteiger partial charge in [0, 0.05) is 22.7 Å². The first kappa shape index (κ1) is 19.2. The van der Waals surface area contributed by atoms with Crippen molar-refractivity contribution in [2.75, 3.05) is 11.4 Å². The van der Waals surface area contributed by atoms with E-state index < -0.39 is 11.7 Å². The summed E-state index contributed by atoms with van der Waals surface area (Å²) < 4.78 is 38.2. The summed E-state index contributed by atoms with van der Waals surface area (Å²) in [6.07, 6.45) is -4.34. The van der Waals surface area contributed by atoms with Crippen LogP contribution in [0.1, 0.15) is 23.1 Å². The summed E-state index contributed by atoms with van der Waals surface area (Å²) in [5, 5.41) is 10.2. The summed E-state index contributed by atoms with van der Waals surface area (Å²) in [4.78, 5) is 7.74. The minimum atomic E-state index is -4.34. The van der Waals surface area contributed by atoms with Crippen LogP contribution in [-0.4, -0.2) is 16.6 Å². The van der Waals surface area contributed by atoms with Crippen LogP contribution in [0.2, 0.25) is 0 Å². The molecule has 0 saturated heterocycles. The Labute approximate surface area is 159 Å². The number of hydrogen-bond donors (Lipinski definition) is 1. The monoisotopic (exact) mass is 392 g/mol. The molecule has 2 aromatic carbocycles. The number of benzene rings is 2. The lowest BCUT2D eigenvalue weighted by Crippen LogP contribution is -2.21. The van der Waals surface area contributed by atoms with Crippen molar-refractivity contribution in [2.24, 2.45) is 0 Å². The molecule has 3 rings (SSSR count). The fraction of sp³-hybridized carbons (Fsp3) is 0.250. The molecule has 0 bridgehead atoms. The van der Waals surface area contributed by atoms with Crippen molar-refractivity contribution in [3.63, 3.8) is 0 Å². The van der Waals surface area contributed by atoms with E-state index in [0.717, 1.165) is 34.9 Å². The summed E-state index contributed by atoms with van der Waals surface area (Å²) in [5.74, 6) is 0.216. The normalized spacial score (nSPS) is 11.6. The second kappa shape index (κ2) is 7.60. The Bertz CT molecular complexity index is 902. The number of phenolic OH excluding ortho intramolecular Hbond substituents is 1. The maximum Gasteiger partial charge on any atom is 0.416 e. The van der Waals surface area contributed by atoms with Crippen molar-refractivity contribution in [1.29, 1.82) is 0 Å². The van der Waals surface area contributed by atoms with E-state index in [1.54, 1.807) is 12.1 Å². The van der Waals surface area contributed by atoms with Gasteiger partial charge in [-0.2, -0.15) is 13.2 Å². The molecule has 0 aliphatic heterocycles. The van der Waals surface area contributed by atoms with Crippen molar-refractivity contribution >= 4 is 17.0 Å². The van der Waals surface area contributed by atoms with E-state index in [2.05, 4.69) is 9.88 Å². The highest BCUT2D eigenvalue weighted by Gasteiger charge is 2.30. The maximum absolute atomic E-state index is 12.7. The van der Waals surface area contributed by atoms with Crippen LogP contribution in [0.25, 0.3) is 10.6 Å². The van der Waals surface area contributed by atoms with E-state index in [0.29, 0.717) is 17.1 Å². The molecule has 142 valence electrons. The number of nitrogens with zero attached hydrogens (tertiary/aromatic N) is 2. The Hall–Kier alpha value is -2.54. The van der Waals surface area contributed by atoms with E-state index in [-0.39, 0.29) is 5.75 Å². The number of halogens is 3. The third-order valence-electron chi connectivity index (χ3n) is 4.28. The molecule has 0 atom stereocenters. The fourth-order valence-corrected chi connectivity index (χ4v) is 3.81. The van der Waals surface area contributed by atoms with Gasteiger partial charge in [0.2, 0.25) is 0 Å². The first-order chi connectivity index (χ1) is 12.8. The summed E-state index contributed by atoms with van der Waals surface area (Å²) in [5.41, 5.74) is 1.87. The summed E-state index contributed by atoms with van der Waals surface area (Å²) in [6, 6.07) is 12.1. The highest BCUT2D eigenvalue weighted by atomic mass is 32.1. The minimum absolute atomic E-state index is 0.216. The molecule has 1 heterocycles. The molecule has 3 nitrogen and oxygen atoms in total. The summed E-state index contributed by atoms with van der Waals surface area (Å²) in [7, 11) is 0. The summed E-state index contributed by atoms with van der Waals surface area (Å²) >= 11 is 1.48. The van der Waals surface area contributed by atoms with Crippen LogP contribution in [0.4, 0.5) is 18.9 Å². The van der Waals surface area contributed by atoms with Crippen LogP contribution in [0.5, 0.6) is 5.75 Å². The predicted octanol–water partition coefficient (Wildman–Crippen LogP) is 5.87. The van der Waals surface area contributed by atoms with Gasteiger partial charge in [-0.3, -0.25) is 0 Å². The standard InChI is InChI=1S/C20H19F3N2OS/c1-3-25(16-8-10-17(26)11-9-16)12-18-13(2)24-19(27-18)14-4-6-15(7-5-14)20(21,22)23/h4-11,26H,3,12H2,1-2H3. The van der Waals surface area contributed by atoms with Crippen molar-refractivity contribution in [2.45, 2.75) is 26.6 Å². The van der Waals surface area contributed by atoms with Gasteiger partial charge in [-0.05, 0) is 50.2 Å². The lowest BCUT2D eigenvalue weighted by atomic mass is 10.1. The Morgan fingerprint density at radius 3 is 2.22 bits per heavy atom. The zero-order valence-corrected chi connectivity index (χ0v) is 15.7. The number of alkyl halides is 3. The first-order valence-electron chi connectivity index (χ1n) is 8.46. The largest absolute Gasteiger partial charge is 0.508 e. The van der Waals surface area contributed by atoms with Gasteiger partial charge in [0.1, 0.15) is 10.8 Å². The van der Waals surface area contributed by atoms with Gasteiger partial charge in [0.05, 0.1) is 17.8 Å². The predicted molar refractivity (Wildman–Crippen MR) is 102 cm³/mol. The van der Waals surface area contributed by atoms with E-state index in [1.807, 2.05) is 26.0 Å². The molecule has 0 aliphatic rings. The van der Waals surface area contributed by atoms with Gasteiger partial charge in [-0.15, -0.1) is 11.3 Å². The Morgan fingerprint density at radius 1 is 1.04 bits per heavy atom. The van der Waals surface area contributed by atoms with E-state index in [4.69, 9.17) is 0 Å². The fourth-order valence-electron chi connectivity index (χ4n) is 2.72. The van der Waals surface area contributed by atoms with Gasteiger partial charge in [-0.1, -0.05) is 12.1 Å². The number of hydrogen-bond acceptors (Lipinski definition) is 4. The van der Waals surface area contributed by atoms with Crippen molar-refractivity contribution in [1.82, 2.24) is 4.98 Å². The zero-order valence-electron chi connectivity index (χ0n) is 14.9. The van der Waals surface area contributed by atoms with Gasteiger partial charge in [0.15, 0.2) is 0 Å². The molecule has 0 aliphatic carbocycles. The second-order valence-electron chi connectivity index (χ2n) is 6.13. The number of rotatable bonds is 5. The van der Waals surface area contributed by atoms with Gasteiger partial charge >= 0.3 is 6.18 Å². The number of aromatic hydroxyl groups is 1. The highest BCUT2D eigenvalue weighted by molar-refractivity contribution is 7.15. The van der Waals surface area contributed by atoms with Gasteiger partial charge < -0.3 is 10.0 Å². The lowest BCUT2D eigenvalue weighted by Gasteiger charge is -2.22. The van der Waals surface area contributed by atoms with Crippen LogP contribution >= 0.6 is 11.3 Å². The van der Waals surface area contributed by atoms with Gasteiger partial charge in [-0.25, -0.2) is 4.98 Å². The molecule has 0 unspecified atom stereocenters. The second-order valence-corrected chi connectivity index (χ2v) is 7.22. The van der Waals surface area contributed by atoms with Crippen LogP contribution in [0, 0.1) is 6.92 Å². The highest BCUT2D eigenvalue weighted by Crippen LogP contribution is 2.33. The quantitative estimate of drug-likeness (QED) is 0.590. The molecule has 0 radical (unpaired) electrons. The smallest absolute Gasteiger partial charge is 0.416 e. The number of phenols is 1. The Morgan fingerprint density at radius 2 is 1.67 bits per heavy atom. The molecule has 3 aromatic rings. The number of aromatic nitrogens is 1. The third-order valence-corrected chi connectivity index (χ3v) is 5.47. The molecule has 7 heteroatoms. The molecule has 0 fully saturated rings. The molecule has 1 N–H and O–H groups in total. The van der Waals surface area contributed by atoms with E-state index in [1.165, 1.54) is 23.5 Å². The average molecular weight is 392 g/mol. The summed E-state index contributed by atoms with van der Waals surface area (Å²) in [6.45, 7) is 5.37. The Balaban J connectivity index is 1.82. The van der Waals surface area contributed by atoms with Crippen LogP contribution < -0.4 is 4.90 Å². The third kappa shape index (κ3) is 4.42. The molecule has 0 amide bonds. The van der Waals surface area contributed by atoms with Crippen LogP contribution in [0.15, 0.2) is 48.5 Å². The molecule has 0 saturated carbocycles. The van der Waals surface area contributed by atoms with Crippen molar-refractivity contribution < 1.29 is 18.3 Å². The maximum atomic E-state index is 12.7. The van der Waals surface area contributed by atoms with E-state index >= 15 is 0 Å². The molecule has 0 spiro atoms. The topological polar surface area (TPSA) is 36.4 Å². The average Bonchev–Trinajstić information content (AvgIpc) is 3.00. The number of aryl methyl sites for hydroxylation is 1.